The summed E-state index contributed by atoms with van der Waals surface area (Å²) in [7, 11) is 0. The van der Waals surface area contributed by atoms with E-state index >= 15 is 0 Å². The highest BCUT2D eigenvalue weighted by Gasteiger charge is 2.11. The number of H-pyrrole nitrogens is 1. The van der Waals surface area contributed by atoms with E-state index in [4.69, 9.17) is 10.00 Å². The lowest BCUT2D eigenvalue weighted by atomic mass is 10.2. The molecule has 0 fully saturated rings. The number of benzene rings is 1. The van der Waals surface area contributed by atoms with Crippen molar-refractivity contribution < 1.29 is 9.13 Å². The van der Waals surface area contributed by atoms with Crippen LogP contribution in [-0.2, 0) is 0 Å². The summed E-state index contributed by atoms with van der Waals surface area (Å²) in [5, 5.41) is 8.60. The molecule has 7 heteroatoms. The van der Waals surface area contributed by atoms with Gasteiger partial charge in [0.1, 0.15) is 4.47 Å². The molecule has 0 spiro atoms. The zero-order valence-electron chi connectivity index (χ0n) is 8.78. The third-order valence-electron chi connectivity index (χ3n) is 2.03. The lowest BCUT2D eigenvalue weighted by Gasteiger charge is -2.06. The molecule has 0 amide bonds. The van der Waals surface area contributed by atoms with E-state index in [0.29, 0.717) is 0 Å². The molecule has 2 aromatic rings. The van der Waals surface area contributed by atoms with Gasteiger partial charge in [0.05, 0.1) is 18.0 Å². The number of halogens is 2. The van der Waals surface area contributed by atoms with Crippen LogP contribution < -0.4 is 10.3 Å². The van der Waals surface area contributed by atoms with Crippen molar-refractivity contribution in [2.24, 2.45) is 0 Å². The Balaban J connectivity index is 2.38. The van der Waals surface area contributed by atoms with Crippen molar-refractivity contribution in [2.45, 2.75) is 0 Å². The highest BCUT2D eigenvalue weighted by atomic mass is 79.9. The second kappa shape index (κ2) is 4.98. The van der Waals surface area contributed by atoms with E-state index in [1.807, 2.05) is 0 Å². The van der Waals surface area contributed by atoms with Gasteiger partial charge in [0, 0.05) is 0 Å². The molecular formula is C11H5BrFN3O2. The zero-order valence-corrected chi connectivity index (χ0v) is 10.4. The van der Waals surface area contributed by atoms with E-state index in [1.54, 1.807) is 6.07 Å². The van der Waals surface area contributed by atoms with Crippen LogP contribution in [0.4, 0.5) is 4.39 Å². The fourth-order valence-corrected chi connectivity index (χ4v) is 1.49. The maximum Gasteiger partial charge on any atom is 0.268 e. The standard InChI is InChI=1S/C11H5BrFN3O2/c12-9-10(17)15-5-16-11(9)18-8-2-1-6(4-14)3-7(8)13/h1-3,5H,(H,15,16,17). The van der Waals surface area contributed by atoms with Gasteiger partial charge < -0.3 is 9.72 Å². The Morgan fingerprint density at radius 1 is 1.50 bits per heavy atom. The Morgan fingerprint density at radius 2 is 2.28 bits per heavy atom. The summed E-state index contributed by atoms with van der Waals surface area (Å²) in [5.41, 5.74) is -0.258. The number of ether oxygens (including phenoxy) is 1. The number of hydrogen-bond acceptors (Lipinski definition) is 4. The first-order chi connectivity index (χ1) is 8.61. The average molecular weight is 310 g/mol. The minimum absolute atomic E-state index is 0.0534. The number of nitrogens with one attached hydrogen (secondary N) is 1. The summed E-state index contributed by atoms with van der Waals surface area (Å²) in [4.78, 5) is 17.3. The van der Waals surface area contributed by atoms with Crippen molar-refractivity contribution in [3.8, 4) is 17.7 Å². The van der Waals surface area contributed by atoms with E-state index in [9.17, 15) is 9.18 Å². The molecule has 0 unspecified atom stereocenters. The summed E-state index contributed by atoms with van der Waals surface area (Å²) in [5.74, 6) is -0.877. The van der Waals surface area contributed by atoms with Crippen molar-refractivity contribution in [1.82, 2.24) is 9.97 Å². The minimum atomic E-state index is -0.706. The Hall–Kier alpha value is -2.20. The van der Waals surface area contributed by atoms with Crippen LogP contribution in [0.3, 0.4) is 0 Å². The molecule has 1 aromatic heterocycles. The maximum atomic E-state index is 13.5. The van der Waals surface area contributed by atoms with Crippen molar-refractivity contribution in [2.75, 3.05) is 0 Å². The fourth-order valence-electron chi connectivity index (χ4n) is 1.20. The molecule has 5 nitrogen and oxygen atoms in total. The molecule has 1 aromatic carbocycles. The van der Waals surface area contributed by atoms with Crippen LogP contribution in [-0.4, -0.2) is 9.97 Å². The molecular weight excluding hydrogens is 305 g/mol. The summed E-state index contributed by atoms with van der Waals surface area (Å²) in [6.45, 7) is 0. The molecule has 0 aliphatic carbocycles. The normalized spacial score (nSPS) is 9.83. The molecule has 1 heterocycles. The van der Waals surface area contributed by atoms with Gasteiger partial charge in [-0.05, 0) is 34.1 Å². The van der Waals surface area contributed by atoms with E-state index in [1.165, 1.54) is 12.1 Å². The SMILES string of the molecule is N#Cc1ccc(Oc2nc[nH]c(=O)c2Br)c(F)c1. The lowest BCUT2D eigenvalue weighted by molar-refractivity contribution is 0.423. The number of aromatic amines is 1. The first kappa shape index (κ1) is 12.3. The minimum Gasteiger partial charge on any atom is -0.435 e. The molecule has 0 bridgehead atoms. The lowest BCUT2D eigenvalue weighted by Crippen LogP contribution is -2.08. The third-order valence-corrected chi connectivity index (χ3v) is 2.73. The highest BCUT2D eigenvalue weighted by molar-refractivity contribution is 9.10. The molecule has 1 N–H and O–H groups in total. The second-order valence-corrected chi connectivity index (χ2v) is 4.00. The second-order valence-electron chi connectivity index (χ2n) is 3.21. The van der Waals surface area contributed by atoms with Gasteiger partial charge in [0.15, 0.2) is 11.6 Å². The molecule has 0 aliphatic heterocycles. The van der Waals surface area contributed by atoms with Crippen molar-refractivity contribution in [3.63, 3.8) is 0 Å². The van der Waals surface area contributed by atoms with Gasteiger partial charge >= 0.3 is 0 Å². The monoisotopic (exact) mass is 309 g/mol. The Labute approximate surface area is 109 Å². The molecule has 0 saturated heterocycles. The van der Waals surface area contributed by atoms with Crippen LogP contribution in [0.1, 0.15) is 5.56 Å². The quantitative estimate of drug-likeness (QED) is 0.923. The summed E-state index contributed by atoms with van der Waals surface area (Å²) < 4.78 is 18.8. The van der Waals surface area contributed by atoms with Gasteiger partial charge in [0.2, 0.25) is 5.88 Å². The van der Waals surface area contributed by atoms with Gasteiger partial charge in [-0.2, -0.15) is 5.26 Å². The van der Waals surface area contributed by atoms with Crippen LogP contribution in [0.25, 0.3) is 0 Å². The van der Waals surface area contributed by atoms with Crippen LogP contribution in [0, 0.1) is 17.1 Å². The van der Waals surface area contributed by atoms with E-state index in [-0.39, 0.29) is 21.7 Å². The van der Waals surface area contributed by atoms with Crippen LogP contribution >= 0.6 is 15.9 Å². The summed E-state index contributed by atoms with van der Waals surface area (Å²) in [6, 6.07) is 5.54. The summed E-state index contributed by atoms with van der Waals surface area (Å²) >= 11 is 2.98. The Kier molecular flexibility index (Phi) is 3.39. The number of nitriles is 1. The maximum absolute atomic E-state index is 13.5. The van der Waals surface area contributed by atoms with Gasteiger partial charge in [-0.25, -0.2) is 9.37 Å². The van der Waals surface area contributed by atoms with Crippen molar-refractivity contribution in [3.05, 3.63) is 50.7 Å². The number of hydrogen-bond donors (Lipinski definition) is 1. The average Bonchev–Trinajstić information content (AvgIpc) is 2.37. The van der Waals surface area contributed by atoms with Crippen LogP contribution in [0.15, 0.2) is 33.8 Å². The fraction of sp³-hybridized carbons (Fsp3) is 0. The van der Waals surface area contributed by atoms with E-state index < -0.39 is 11.4 Å². The van der Waals surface area contributed by atoms with Gasteiger partial charge in [-0.3, -0.25) is 4.79 Å². The zero-order chi connectivity index (χ0) is 13.1. The molecule has 0 saturated carbocycles. The molecule has 90 valence electrons. The molecule has 0 aliphatic rings. The number of rotatable bonds is 2. The van der Waals surface area contributed by atoms with Gasteiger partial charge in [0.25, 0.3) is 5.56 Å². The topological polar surface area (TPSA) is 78.8 Å². The smallest absolute Gasteiger partial charge is 0.268 e. The summed E-state index contributed by atoms with van der Waals surface area (Å²) in [6.07, 6.45) is 1.14. The van der Waals surface area contributed by atoms with Gasteiger partial charge in [-0.15, -0.1) is 0 Å². The van der Waals surface area contributed by atoms with Crippen LogP contribution in [0.5, 0.6) is 11.6 Å². The first-order valence-corrected chi connectivity index (χ1v) is 5.52. The molecule has 18 heavy (non-hydrogen) atoms. The van der Waals surface area contributed by atoms with E-state index in [2.05, 4.69) is 25.9 Å². The van der Waals surface area contributed by atoms with Crippen molar-refractivity contribution >= 4 is 15.9 Å². The number of aromatic nitrogens is 2. The Morgan fingerprint density at radius 3 is 2.94 bits per heavy atom. The van der Waals surface area contributed by atoms with Crippen molar-refractivity contribution in [1.29, 1.82) is 5.26 Å². The van der Waals surface area contributed by atoms with Crippen LogP contribution in [0.2, 0.25) is 0 Å². The van der Waals surface area contributed by atoms with E-state index in [0.717, 1.165) is 12.4 Å². The molecule has 2 rings (SSSR count). The third kappa shape index (κ3) is 2.38. The van der Waals surface area contributed by atoms with Gasteiger partial charge in [-0.1, -0.05) is 0 Å². The largest absolute Gasteiger partial charge is 0.435 e. The molecule has 0 atom stereocenters. The predicted molar refractivity (Wildman–Crippen MR) is 63.7 cm³/mol. The predicted octanol–water partition coefficient (Wildman–Crippen LogP) is 2.34. The first-order valence-electron chi connectivity index (χ1n) is 4.72. The Bertz CT molecular complexity index is 693. The highest BCUT2D eigenvalue weighted by Crippen LogP contribution is 2.26. The molecule has 0 radical (unpaired) electrons. The number of nitrogens with zero attached hydrogens (tertiary/aromatic N) is 2.